The van der Waals surface area contributed by atoms with Gasteiger partial charge in [-0.05, 0) is 40.2 Å². The molecule has 2 atom stereocenters. The molecule has 2 aromatic carbocycles. The van der Waals surface area contributed by atoms with E-state index in [0.717, 1.165) is 4.90 Å². The maximum absolute atomic E-state index is 12.8. The van der Waals surface area contributed by atoms with E-state index in [-0.39, 0.29) is 5.78 Å². The predicted molar refractivity (Wildman–Crippen MR) is 97.1 cm³/mol. The van der Waals surface area contributed by atoms with Crippen molar-refractivity contribution in [2.45, 2.75) is 15.0 Å². The van der Waals surface area contributed by atoms with Crippen LogP contribution in [0.3, 0.4) is 0 Å². The highest BCUT2D eigenvalue weighted by molar-refractivity contribution is 9.11. The van der Waals surface area contributed by atoms with Crippen molar-refractivity contribution in [1.29, 1.82) is 0 Å². The minimum Gasteiger partial charge on any atom is -0.610 e. The number of halogens is 1. The van der Waals surface area contributed by atoms with Gasteiger partial charge in [-0.3, -0.25) is 4.79 Å². The highest BCUT2D eigenvalue weighted by Gasteiger charge is 2.39. The van der Waals surface area contributed by atoms with Crippen LogP contribution in [0.1, 0.15) is 16.8 Å². The average molecular weight is 387 g/mol. The SMILES string of the molecule is O=C(C1=CCC(Br)([S+]([O-])c2ccccc2)C=C1)c1ccccc1. The van der Waals surface area contributed by atoms with Crippen molar-refractivity contribution in [1.82, 2.24) is 0 Å². The van der Waals surface area contributed by atoms with E-state index in [1.165, 1.54) is 0 Å². The first-order valence-corrected chi connectivity index (χ1v) is 9.19. The van der Waals surface area contributed by atoms with Crippen molar-refractivity contribution in [3.8, 4) is 0 Å². The molecule has 0 heterocycles. The normalized spacial score (nSPS) is 21.6. The lowest BCUT2D eigenvalue weighted by Gasteiger charge is -2.28. The number of allylic oxidation sites excluding steroid dienone is 3. The largest absolute Gasteiger partial charge is 0.610 e. The van der Waals surface area contributed by atoms with Crippen molar-refractivity contribution < 1.29 is 9.35 Å². The molecule has 0 N–H and O–H groups in total. The first kappa shape index (κ1) is 16.2. The Morgan fingerprint density at radius 2 is 1.65 bits per heavy atom. The molecule has 2 aromatic rings. The zero-order valence-electron chi connectivity index (χ0n) is 12.3. The lowest BCUT2D eigenvalue weighted by atomic mass is 9.98. The summed E-state index contributed by atoms with van der Waals surface area (Å²) in [5.41, 5.74) is 1.30. The minimum absolute atomic E-state index is 0.0121. The molecule has 0 radical (unpaired) electrons. The number of benzene rings is 2. The molecule has 1 aliphatic carbocycles. The Hall–Kier alpha value is -1.62. The van der Waals surface area contributed by atoms with Crippen LogP contribution in [0.5, 0.6) is 0 Å². The third kappa shape index (κ3) is 3.50. The molecular weight excluding hydrogens is 372 g/mol. The van der Waals surface area contributed by atoms with Gasteiger partial charge >= 0.3 is 0 Å². The zero-order valence-corrected chi connectivity index (χ0v) is 14.7. The fourth-order valence-electron chi connectivity index (χ4n) is 2.40. The van der Waals surface area contributed by atoms with Crippen LogP contribution in [0.2, 0.25) is 0 Å². The first-order chi connectivity index (χ1) is 11.1. The molecule has 1 aliphatic rings. The van der Waals surface area contributed by atoms with E-state index in [1.54, 1.807) is 18.2 Å². The molecule has 2 unspecified atom stereocenters. The maximum atomic E-state index is 12.8. The second-order valence-corrected chi connectivity index (χ2v) is 8.94. The Kier molecular flexibility index (Phi) is 4.85. The van der Waals surface area contributed by atoms with Gasteiger partial charge in [-0.15, -0.1) is 0 Å². The van der Waals surface area contributed by atoms with E-state index in [1.807, 2.05) is 60.7 Å². The summed E-state index contributed by atoms with van der Waals surface area (Å²) >= 11 is 2.35. The number of carbonyl (C=O) groups excluding carboxylic acids is 1. The van der Waals surface area contributed by atoms with E-state index in [2.05, 4.69) is 15.9 Å². The molecule has 0 amide bonds. The van der Waals surface area contributed by atoms with Gasteiger partial charge in [0.25, 0.3) is 0 Å². The molecule has 4 heteroatoms. The summed E-state index contributed by atoms with van der Waals surface area (Å²) in [7, 11) is 0. The van der Waals surface area contributed by atoms with Crippen LogP contribution in [0.4, 0.5) is 0 Å². The summed E-state index contributed by atoms with van der Waals surface area (Å²) in [5, 5.41) is 0. The summed E-state index contributed by atoms with van der Waals surface area (Å²) in [6.45, 7) is 0. The standard InChI is InChI=1S/C19H15BrO2S/c20-19(23(22)17-9-5-2-6-10-17)13-11-16(12-14-19)18(21)15-7-3-1-4-8-15/h1-13H,14H2. The van der Waals surface area contributed by atoms with Crippen molar-refractivity contribution in [2.75, 3.05) is 0 Å². The van der Waals surface area contributed by atoms with Gasteiger partial charge in [0.05, 0.1) is 0 Å². The summed E-state index contributed by atoms with van der Waals surface area (Å²) in [5.74, 6) is -0.0121. The van der Waals surface area contributed by atoms with Gasteiger partial charge in [-0.25, -0.2) is 0 Å². The second kappa shape index (κ2) is 6.87. The minimum atomic E-state index is -1.23. The van der Waals surface area contributed by atoms with Crippen LogP contribution in [-0.4, -0.2) is 14.0 Å². The third-order valence-electron chi connectivity index (χ3n) is 3.68. The summed E-state index contributed by atoms with van der Waals surface area (Å²) in [6, 6.07) is 18.5. The topological polar surface area (TPSA) is 40.1 Å². The molecule has 0 aromatic heterocycles. The lowest BCUT2D eigenvalue weighted by molar-refractivity contribution is 0.103. The predicted octanol–water partition coefficient (Wildman–Crippen LogP) is 4.65. The summed E-state index contributed by atoms with van der Waals surface area (Å²) in [6.07, 6.45) is 5.94. The molecular formula is C19H15BrO2S. The molecule has 23 heavy (non-hydrogen) atoms. The zero-order chi connectivity index (χ0) is 16.3. The van der Waals surface area contributed by atoms with Gasteiger partial charge in [-0.1, -0.05) is 54.6 Å². The monoisotopic (exact) mass is 386 g/mol. The number of ketones is 1. The number of hydrogen-bond donors (Lipinski definition) is 0. The van der Waals surface area contributed by atoms with Gasteiger partial charge in [0.15, 0.2) is 10.7 Å². The molecule has 0 saturated heterocycles. The Morgan fingerprint density at radius 1 is 1.04 bits per heavy atom. The van der Waals surface area contributed by atoms with Gasteiger partial charge in [-0.2, -0.15) is 0 Å². The van der Waals surface area contributed by atoms with Gasteiger partial charge in [0.1, 0.15) is 0 Å². The molecule has 0 aliphatic heterocycles. The number of hydrogen-bond acceptors (Lipinski definition) is 2. The van der Waals surface area contributed by atoms with Crippen molar-refractivity contribution in [2.24, 2.45) is 0 Å². The van der Waals surface area contributed by atoms with Crippen LogP contribution in [0, 0.1) is 0 Å². The fourth-order valence-corrected chi connectivity index (χ4v) is 4.48. The smallest absolute Gasteiger partial charge is 0.206 e. The van der Waals surface area contributed by atoms with Crippen LogP contribution in [0.15, 0.2) is 89.4 Å². The van der Waals surface area contributed by atoms with E-state index in [9.17, 15) is 9.35 Å². The highest BCUT2D eigenvalue weighted by atomic mass is 79.9. The lowest BCUT2D eigenvalue weighted by Crippen LogP contribution is -2.31. The van der Waals surface area contributed by atoms with Crippen molar-refractivity contribution in [3.05, 3.63) is 90.0 Å². The number of rotatable bonds is 4. The molecule has 0 bridgehead atoms. The van der Waals surface area contributed by atoms with Crippen LogP contribution >= 0.6 is 15.9 Å². The first-order valence-electron chi connectivity index (χ1n) is 7.25. The summed E-state index contributed by atoms with van der Waals surface area (Å²) < 4.78 is 12.1. The van der Waals surface area contributed by atoms with Crippen LogP contribution in [0.25, 0.3) is 0 Å². The number of Topliss-reactive ketones (excluding diaryl/α,β-unsaturated/α-hetero) is 1. The van der Waals surface area contributed by atoms with E-state index < -0.39 is 14.8 Å². The van der Waals surface area contributed by atoms with Crippen LogP contribution in [-0.2, 0) is 11.2 Å². The van der Waals surface area contributed by atoms with E-state index in [0.29, 0.717) is 17.6 Å². The molecule has 0 fully saturated rings. The Balaban J connectivity index is 1.78. The average Bonchev–Trinajstić information content (AvgIpc) is 2.62. The Bertz CT molecular complexity index is 755. The van der Waals surface area contributed by atoms with Crippen molar-refractivity contribution >= 4 is 32.9 Å². The fraction of sp³-hybridized carbons (Fsp3) is 0.105. The summed E-state index contributed by atoms with van der Waals surface area (Å²) in [4.78, 5) is 13.2. The quantitative estimate of drug-likeness (QED) is 0.435. The third-order valence-corrected chi connectivity index (χ3v) is 6.77. The van der Waals surface area contributed by atoms with E-state index >= 15 is 0 Å². The Labute approximate surface area is 147 Å². The van der Waals surface area contributed by atoms with Crippen molar-refractivity contribution in [3.63, 3.8) is 0 Å². The highest BCUT2D eigenvalue weighted by Crippen LogP contribution is 2.39. The second-order valence-electron chi connectivity index (χ2n) is 5.26. The maximum Gasteiger partial charge on any atom is 0.206 e. The molecule has 0 spiro atoms. The molecule has 3 rings (SSSR count). The molecule has 2 nitrogen and oxygen atoms in total. The van der Waals surface area contributed by atoms with Gasteiger partial charge in [0.2, 0.25) is 3.66 Å². The van der Waals surface area contributed by atoms with Gasteiger partial charge in [0, 0.05) is 28.7 Å². The number of alkyl halides is 1. The van der Waals surface area contributed by atoms with E-state index in [4.69, 9.17) is 0 Å². The molecule has 0 saturated carbocycles. The Morgan fingerprint density at radius 3 is 2.22 bits per heavy atom. The van der Waals surface area contributed by atoms with Crippen LogP contribution < -0.4 is 0 Å². The number of carbonyl (C=O) groups is 1. The molecule has 116 valence electrons. The van der Waals surface area contributed by atoms with Gasteiger partial charge < -0.3 is 4.55 Å².